The summed E-state index contributed by atoms with van der Waals surface area (Å²) in [6, 6.07) is 21.1. The van der Waals surface area contributed by atoms with Crippen molar-refractivity contribution in [3.8, 4) is 0 Å². The lowest BCUT2D eigenvalue weighted by atomic mass is 10.0. The molecule has 3 aromatic rings. The second-order valence-electron chi connectivity index (χ2n) is 9.45. The van der Waals surface area contributed by atoms with Gasteiger partial charge in [-0.15, -0.1) is 0 Å². The summed E-state index contributed by atoms with van der Waals surface area (Å²) in [7, 11) is 0. The summed E-state index contributed by atoms with van der Waals surface area (Å²) in [5, 5.41) is 8.84. The number of amides is 3. The number of nitrogens with one attached hydrogen (secondary N) is 3. The number of aryl methyl sites for hydroxylation is 1. The van der Waals surface area contributed by atoms with Gasteiger partial charge < -0.3 is 20.9 Å². The fraction of sp³-hybridized carbons (Fsp3) is 0.310. The Morgan fingerprint density at radius 3 is 2.23 bits per heavy atom. The van der Waals surface area contributed by atoms with E-state index < -0.39 is 0 Å². The molecule has 3 N–H and O–H groups in total. The third kappa shape index (κ3) is 6.41. The smallest absolute Gasteiger partial charge is 0.323 e. The number of benzene rings is 3. The number of carbonyl (C=O) groups excluding carboxylic acids is 2. The van der Waals surface area contributed by atoms with Crippen molar-refractivity contribution < 1.29 is 9.59 Å². The molecule has 3 amide bonds. The lowest BCUT2D eigenvalue weighted by Gasteiger charge is -2.22. The van der Waals surface area contributed by atoms with Gasteiger partial charge in [-0.05, 0) is 67.1 Å². The molecule has 6 nitrogen and oxygen atoms in total. The van der Waals surface area contributed by atoms with E-state index in [1.165, 1.54) is 5.56 Å². The third-order valence-corrected chi connectivity index (χ3v) is 6.36. The molecular formula is C29H34N4O2. The van der Waals surface area contributed by atoms with Gasteiger partial charge in [-0.25, -0.2) is 4.79 Å². The van der Waals surface area contributed by atoms with Gasteiger partial charge >= 0.3 is 6.03 Å². The van der Waals surface area contributed by atoms with Crippen molar-refractivity contribution in [1.82, 2.24) is 5.32 Å². The average Bonchev–Trinajstić information content (AvgIpc) is 3.39. The Labute approximate surface area is 207 Å². The summed E-state index contributed by atoms with van der Waals surface area (Å²) >= 11 is 0. The molecule has 0 radical (unpaired) electrons. The number of carbonyl (C=O) groups is 2. The number of hydrogen-bond donors (Lipinski definition) is 3. The number of nitrogens with zero attached hydrogens (tertiary/aromatic N) is 1. The predicted molar refractivity (Wildman–Crippen MR) is 143 cm³/mol. The Kier molecular flexibility index (Phi) is 7.70. The molecule has 3 aromatic carbocycles. The summed E-state index contributed by atoms with van der Waals surface area (Å²) in [6.07, 6.45) is 2.24. The van der Waals surface area contributed by atoms with Crippen LogP contribution in [0.4, 0.5) is 21.9 Å². The fourth-order valence-corrected chi connectivity index (χ4v) is 4.24. The molecule has 6 heteroatoms. The van der Waals surface area contributed by atoms with Crippen LogP contribution in [0.25, 0.3) is 0 Å². The fourth-order valence-electron chi connectivity index (χ4n) is 4.24. The molecule has 0 atom stereocenters. The van der Waals surface area contributed by atoms with Gasteiger partial charge in [0.2, 0.25) is 0 Å². The Bertz CT molecular complexity index is 1160. The highest BCUT2D eigenvalue weighted by molar-refractivity contribution is 6.04. The van der Waals surface area contributed by atoms with Gasteiger partial charge in [0.05, 0.1) is 11.4 Å². The quantitative estimate of drug-likeness (QED) is 0.380. The predicted octanol–water partition coefficient (Wildman–Crippen LogP) is 6.29. The van der Waals surface area contributed by atoms with Crippen LogP contribution < -0.4 is 20.9 Å². The molecule has 4 rings (SSSR count). The van der Waals surface area contributed by atoms with Crippen molar-refractivity contribution in [1.29, 1.82) is 0 Å². The van der Waals surface area contributed by atoms with E-state index in [4.69, 9.17) is 0 Å². The van der Waals surface area contributed by atoms with Crippen molar-refractivity contribution in [3.05, 3.63) is 89.0 Å². The molecule has 0 spiro atoms. The zero-order valence-electron chi connectivity index (χ0n) is 20.7. The van der Waals surface area contributed by atoms with Crippen LogP contribution in [0.1, 0.15) is 59.7 Å². The van der Waals surface area contributed by atoms with Crippen LogP contribution in [0.15, 0.2) is 66.7 Å². The van der Waals surface area contributed by atoms with E-state index in [0.717, 1.165) is 42.7 Å². The number of hydrogen-bond acceptors (Lipinski definition) is 3. The zero-order valence-corrected chi connectivity index (χ0v) is 20.7. The molecule has 1 saturated heterocycles. The van der Waals surface area contributed by atoms with Crippen molar-refractivity contribution in [2.45, 2.75) is 46.1 Å². The second-order valence-corrected chi connectivity index (χ2v) is 9.45. The minimum Gasteiger partial charge on any atom is -0.370 e. The van der Waals surface area contributed by atoms with E-state index in [-0.39, 0.29) is 11.9 Å². The second kappa shape index (κ2) is 11.1. The molecular weight excluding hydrogens is 436 g/mol. The van der Waals surface area contributed by atoms with Gasteiger partial charge in [0.15, 0.2) is 0 Å². The van der Waals surface area contributed by atoms with Crippen LogP contribution in [0.2, 0.25) is 0 Å². The standard InChI is InChI=1S/C29H34N4O2/c1-20(2)23-10-8-22(9-11-23)19-30-28(34)24-12-15-27(33-16-4-5-17-33)26(18-24)32-29(35)31-25-13-6-21(3)7-14-25/h6-15,18,20H,4-5,16-17,19H2,1-3H3,(H,30,34)(H2,31,32,35). The monoisotopic (exact) mass is 470 g/mol. The Morgan fingerprint density at radius 2 is 1.57 bits per heavy atom. The van der Waals surface area contributed by atoms with E-state index >= 15 is 0 Å². The SMILES string of the molecule is Cc1ccc(NC(=O)Nc2cc(C(=O)NCc3ccc(C(C)C)cc3)ccc2N2CCCC2)cc1. The molecule has 0 aromatic heterocycles. The summed E-state index contributed by atoms with van der Waals surface area (Å²) < 4.78 is 0. The van der Waals surface area contributed by atoms with Crippen molar-refractivity contribution in [3.63, 3.8) is 0 Å². The highest BCUT2D eigenvalue weighted by Gasteiger charge is 2.19. The minimum absolute atomic E-state index is 0.173. The summed E-state index contributed by atoms with van der Waals surface area (Å²) in [5.41, 5.74) is 6.24. The van der Waals surface area contributed by atoms with Crippen LogP contribution in [-0.2, 0) is 6.54 Å². The van der Waals surface area contributed by atoms with Gasteiger partial charge in [0.25, 0.3) is 5.91 Å². The van der Waals surface area contributed by atoms with E-state index in [9.17, 15) is 9.59 Å². The normalized spacial score (nSPS) is 13.1. The first-order valence-corrected chi connectivity index (χ1v) is 12.3. The van der Waals surface area contributed by atoms with Crippen LogP contribution in [0.3, 0.4) is 0 Å². The average molecular weight is 471 g/mol. The van der Waals surface area contributed by atoms with E-state index in [1.54, 1.807) is 6.07 Å². The van der Waals surface area contributed by atoms with E-state index in [1.807, 2.05) is 43.3 Å². The van der Waals surface area contributed by atoms with Crippen LogP contribution in [0.5, 0.6) is 0 Å². The molecule has 35 heavy (non-hydrogen) atoms. The Hall–Kier alpha value is -3.80. The van der Waals surface area contributed by atoms with Gasteiger partial charge in [-0.2, -0.15) is 0 Å². The van der Waals surface area contributed by atoms with Crippen LogP contribution in [-0.4, -0.2) is 25.0 Å². The van der Waals surface area contributed by atoms with Gasteiger partial charge in [-0.3, -0.25) is 4.79 Å². The summed E-state index contributed by atoms with van der Waals surface area (Å²) in [4.78, 5) is 27.9. The van der Waals surface area contributed by atoms with Crippen molar-refractivity contribution in [2.75, 3.05) is 28.6 Å². The third-order valence-electron chi connectivity index (χ3n) is 6.36. The van der Waals surface area contributed by atoms with Crippen molar-refractivity contribution >= 4 is 29.0 Å². The van der Waals surface area contributed by atoms with Gasteiger partial charge in [0, 0.05) is 30.9 Å². The maximum absolute atomic E-state index is 12.9. The summed E-state index contributed by atoms with van der Waals surface area (Å²) in [6.45, 7) is 8.65. The molecule has 1 aliphatic heterocycles. The first-order chi connectivity index (χ1) is 16.9. The molecule has 0 aliphatic carbocycles. The van der Waals surface area contributed by atoms with E-state index in [0.29, 0.717) is 29.4 Å². The molecule has 182 valence electrons. The minimum atomic E-state index is -0.336. The molecule has 1 aliphatic rings. The largest absolute Gasteiger partial charge is 0.370 e. The molecule has 0 saturated carbocycles. The van der Waals surface area contributed by atoms with Crippen molar-refractivity contribution in [2.24, 2.45) is 0 Å². The Balaban J connectivity index is 1.47. The van der Waals surface area contributed by atoms with E-state index in [2.05, 4.69) is 59.0 Å². The van der Waals surface area contributed by atoms with Crippen LogP contribution >= 0.6 is 0 Å². The summed E-state index contributed by atoms with van der Waals surface area (Å²) in [5.74, 6) is 0.301. The maximum Gasteiger partial charge on any atom is 0.323 e. The first kappa shape index (κ1) is 24.3. The topological polar surface area (TPSA) is 73.5 Å². The van der Waals surface area contributed by atoms with Gasteiger partial charge in [-0.1, -0.05) is 55.8 Å². The lowest BCUT2D eigenvalue weighted by molar-refractivity contribution is 0.0951. The van der Waals surface area contributed by atoms with Crippen LogP contribution in [0, 0.1) is 6.92 Å². The highest BCUT2D eigenvalue weighted by atomic mass is 16.2. The van der Waals surface area contributed by atoms with Gasteiger partial charge in [0.1, 0.15) is 0 Å². The lowest BCUT2D eigenvalue weighted by Crippen LogP contribution is -2.26. The number of anilines is 3. The molecule has 0 bridgehead atoms. The first-order valence-electron chi connectivity index (χ1n) is 12.3. The molecule has 1 fully saturated rings. The Morgan fingerprint density at radius 1 is 0.886 bits per heavy atom. The maximum atomic E-state index is 12.9. The molecule has 1 heterocycles. The molecule has 0 unspecified atom stereocenters. The zero-order chi connectivity index (χ0) is 24.8. The number of rotatable bonds is 7. The highest BCUT2D eigenvalue weighted by Crippen LogP contribution is 2.30. The number of urea groups is 1.